The van der Waals surface area contributed by atoms with Gasteiger partial charge in [0.1, 0.15) is 11.7 Å². The zero-order valence-electron chi connectivity index (χ0n) is 10.7. The zero-order chi connectivity index (χ0) is 14.7. The van der Waals surface area contributed by atoms with E-state index >= 15 is 0 Å². The molecule has 1 unspecified atom stereocenters. The van der Waals surface area contributed by atoms with Gasteiger partial charge in [0, 0.05) is 5.56 Å². The maximum atomic E-state index is 13.1. The minimum absolute atomic E-state index is 0.128. The third-order valence-electron chi connectivity index (χ3n) is 3.01. The number of hydrogen-bond donors (Lipinski definition) is 0. The van der Waals surface area contributed by atoms with E-state index in [0.29, 0.717) is 5.56 Å². The van der Waals surface area contributed by atoms with Gasteiger partial charge in [0.25, 0.3) is 0 Å². The molecular weight excluding hydrogens is 277 g/mol. The van der Waals surface area contributed by atoms with Gasteiger partial charge in [0.05, 0.1) is 11.1 Å². The summed E-state index contributed by atoms with van der Waals surface area (Å²) in [5, 5.41) is 9.10. The van der Waals surface area contributed by atoms with Crippen LogP contribution in [-0.4, -0.2) is 5.78 Å². The predicted molar refractivity (Wildman–Crippen MR) is 75.3 cm³/mol. The molecule has 2 aromatic carbocycles. The van der Waals surface area contributed by atoms with Crippen LogP contribution in [-0.2, 0) is 0 Å². The van der Waals surface area contributed by atoms with Crippen molar-refractivity contribution in [3.63, 3.8) is 0 Å². The maximum Gasteiger partial charge on any atom is 0.184 e. The first-order valence-corrected chi connectivity index (χ1v) is 6.36. The maximum absolute atomic E-state index is 13.1. The molecule has 0 spiro atoms. The monoisotopic (exact) mass is 287 g/mol. The van der Waals surface area contributed by atoms with E-state index in [1.54, 1.807) is 12.1 Å². The van der Waals surface area contributed by atoms with Crippen molar-refractivity contribution >= 4 is 17.4 Å². The standard InChI is InChI=1S/C16H11ClFNO/c1-10-2-4-11(5-3-10)13(9-19)16(20)12-6-7-15(18)14(17)8-12/h2-8,13H,1H3. The largest absolute Gasteiger partial charge is 0.292 e. The van der Waals surface area contributed by atoms with Crippen LogP contribution in [0.3, 0.4) is 0 Å². The van der Waals surface area contributed by atoms with Gasteiger partial charge < -0.3 is 0 Å². The first-order chi connectivity index (χ1) is 9.52. The van der Waals surface area contributed by atoms with E-state index in [0.717, 1.165) is 11.6 Å². The summed E-state index contributed by atoms with van der Waals surface area (Å²) >= 11 is 5.66. The van der Waals surface area contributed by atoms with E-state index < -0.39 is 17.5 Å². The fourth-order valence-electron chi connectivity index (χ4n) is 1.86. The van der Waals surface area contributed by atoms with Crippen molar-refractivity contribution in [2.75, 3.05) is 0 Å². The molecule has 0 saturated heterocycles. The average Bonchev–Trinajstić information content (AvgIpc) is 2.44. The number of aryl methyl sites for hydroxylation is 1. The highest BCUT2D eigenvalue weighted by molar-refractivity contribution is 6.31. The van der Waals surface area contributed by atoms with Crippen LogP contribution in [0.1, 0.15) is 27.4 Å². The summed E-state index contributed by atoms with van der Waals surface area (Å²) in [4.78, 5) is 12.3. The number of hydrogen-bond acceptors (Lipinski definition) is 2. The molecule has 0 fully saturated rings. The van der Waals surface area contributed by atoms with Gasteiger partial charge in [-0.05, 0) is 30.7 Å². The molecule has 0 radical (unpaired) electrons. The second-order valence-corrected chi connectivity index (χ2v) is 4.87. The Hall–Kier alpha value is -2.18. The number of rotatable bonds is 3. The molecule has 20 heavy (non-hydrogen) atoms. The average molecular weight is 288 g/mol. The number of carbonyl (C=O) groups is 1. The summed E-state index contributed by atoms with van der Waals surface area (Å²) in [7, 11) is 0. The lowest BCUT2D eigenvalue weighted by Crippen LogP contribution is -2.11. The highest BCUT2D eigenvalue weighted by Gasteiger charge is 2.22. The van der Waals surface area contributed by atoms with Crippen molar-refractivity contribution in [1.82, 2.24) is 0 Å². The molecule has 100 valence electrons. The van der Waals surface area contributed by atoms with Crippen molar-refractivity contribution in [2.45, 2.75) is 12.8 Å². The van der Waals surface area contributed by atoms with Crippen LogP contribution in [0.15, 0.2) is 42.5 Å². The molecule has 0 bridgehead atoms. The van der Waals surface area contributed by atoms with Crippen molar-refractivity contribution in [3.8, 4) is 6.07 Å². The lowest BCUT2D eigenvalue weighted by Gasteiger charge is -2.09. The fraction of sp³-hybridized carbons (Fsp3) is 0.125. The number of nitrogens with zero attached hydrogens (tertiary/aromatic N) is 1. The molecule has 0 saturated carbocycles. The number of ketones is 1. The molecule has 2 rings (SSSR count). The topological polar surface area (TPSA) is 40.9 Å². The second kappa shape index (κ2) is 5.85. The quantitative estimate of drug-likeness (QED) is 0.791. The molecule has 2 aromatic rings. The summed E-state index contributed by atoms with van der Waals surface area (Å²) in [6.07, 6.45) is 0. The van der Waals surface area contributed by atoms with E-state index in [1.165, 1.54) is 12.1 Å². The minimum Gasteiger partial charge on any atom is -0.292 e. The molecule has 0 N–H and O–H groups in total. The number of carbonyl (C=O) groups excluding carboxylic acids is 1. The molecule has 0 amide bonds. The van der Waals surface area contributed by atoms with E-state index in [1.807, 2.05) is 25.1 Å². The third kappa shape index (κ3) is 2.87. The zero-order valence-corrected chi connectivity index (χ0v) is 11.5. The molecule has 0 aliphatic carbocycles. The molecule has 0 aliphatic heterocycles. The predicted octanol–water partition coefficient (Wildman–Crippen LogP) is 4.28. The highest BCUT2D eigenvalue weighted by Crippen LogP contribution is 2.23. The third-order valence-corrected chi connectivity index (χ3v) is 3.30. The Labute approximate surface area is 121 Å². The lowest BCUT2D eigenvalue weighted by molar-refractivity contribution is 0.0979. The molecule has 2 nitrogen and oxygen atoms in total. The number of nitriles is 1. The van der Waals surface area contributed by atoms with Gasteiger partial charge in [-0.1, -0.05) is 41.4 Å². The van der Waals surface area contributed by atoms with Crippen LogP contribution in [0.4, 0.5) is 4.39 Å². The SMILES string of the molecule is Cc1ccc(C(C#N)C(=O)c2ccc(F)c(Cl)c2)cc1. The first-order valence-electron chi connectivity index (χ1n) is 5.98. The van der Waals surface area contributed by atoms with Gasteiger partial charge in [-0.25, -0.2) is 4.39 Å². The van der Waals surface area contributed by atoms with Crippen LogP contribution in [0.25, 0.3) is 0 Å². The van der Waals surface area contributed by atoms with Crippen LogP contribution >= 0.6 is 11.6 Å². The normalized spacial score (nSPS) is 11.7. The molecular formula is C16H11ClFNO. The van der Waals surface area contributed by atoms with Crippen molar-refractivity contribution in [3.05, 3.63) is 70.0 Å². The van der Waals surface area contributed by atoms with E-state index in [4.69, 9.17) is 11.6 Å². The van der Waals surface area contributed by atoms with Gasteiger partial charge >= 0.3 is 0 Å². The van der Waals surface area contributed by atoms with Crippen LogP contribution < -0.4 is 0 Å². The van der Waals surface area contributed by atoms with E-state index in [9.17, 15) is 14.4 Å². The smallest absolute Gasteiger partial charge is 0.184 e. The van der Waals surface area contributed by atoms with Crippen molar-refractivity contribution < 1.29 is 9.18 Å². The summed E-state index contributed by atoms with van der Waals surface area (Å²) < 4.78 is 13.1. The van der Waals surface area contributed by atoms with Gasteiger partial charge in [0.2, 0.25) is 0 Å². The lowest BCUT2D eigenvalue weighted by atomic mass is 9.91. The number of halogens is 2. The Morgan fingerprint density at radius 1 is 1.25 bits per heavy atom. The number of Topliss-reactive ketones (excluding diaryl/α,β-unsaturated/α-hetero) is 1. The Balaban J connectivity index is 2.36. The molecule has 0 heterocycles. The van der Waals surface area contributed by atoms with E-state index in [2.05, 4.69) is 0 Å². The Morgan fingerprint density at radius 2 is 1.90 bits per heavy atom. The van der Waals surface area contributed by atoms with Gasteiger partial charge in [0.15, 0.2) is 5.78 Å². The molecule has 1 atom stereocenters. The van der Waals surface area contributed by atoms with Gasteiger partial charge in [-0.15, -0.1) is 0 Å². The van der Waals surface area contributed by atoms with Gasteiger partial charge in [-0.3, -0.25) is 4.79 Å². The van der Waals surface area contributed by atoms with Gasteiger partial charge in [-0.2, -0.15) is 5.26 Å². The van der Waals surface area contributed by atoms with Crippen LogP contribution in [0.2, 0.25) is 5.02 Å². The summed E-state index contributed by atoms with van der Waals surface area (Å²) in [5.74, 6) is -1.90. The van der Waals surface area contributed by atoms with E-state index in [-0.39, 0.29) is 10.6 Å². The molecule has 0 aromatic heterocycles. The minimum atomic E-state index is -0.919. The Kier molecular flexibility index (Phi) is 4.16. The summed E-state index contributed by atoms with van der Waals surface area (Å²) in [6.45, 7) is 1.92. The van der Waals surface area contributed by atoms with Crippen molar-refractivity contribution in [1.29, 1.82) is 5.26 Å². The summed E-state index contributed by atoms with van der Waals surface area (Å²) in [5.41, 5.74) is 1.88. The Bertz CT molecular complexity index is 689. The molecule has 4 heteroatoms. The fourth-order valence-corrected chi connectivity index (χ4v) is 2.04. The highest BCUT2D eigenvalue weighted by atomic mass is 35.5. The van der Waals surface area contributed by atoms with Crippen LogP contribution in [0.5, 0.6) is 0 Å². The number of benzene rings is 2. The Morgan fingerprint density at radius 3 is 2.45 bits per heavy atom. The summed E-state index contributed by atoms with van der Waals surface area (Å²) in [6, 6.07) is 12.9. The van der Waals surface area contributed by atoms with Crippen LogP contribution in [0, 0.1) is 24.1 Å². The first kappa shape index (κ1) is 14.2. The van der Waals surface area contributed by atoms with Crippen molar-refractivity contribution in [2.24, 2.45) is 0 Å². The molecule has 0 aliphatic rings. The second-order valence-electron chi connectivity index (χ2n) is 4.47.